The van der Waals surface area contributed by atoms with E-state index in [-0.39, 0.29) is 11.5 Å². The Morgan fingerprint density at radius 1 is 1.29 bits per heavy atom. The van der Waals surface area contributed by atoms with Crippen LogP contribution in [0.3, 0.4) is 0 Å². The average molecular weight is 284 g/mol. The quantitative estimate of drug-likeness (QED) is 0.691. The topological polar surface area (TPSA) is 85.3 Å². The van der Waals surface area contributed by atoms with Crippen molar-refractivity contribution in [2.24, 2.45) is 0 Å². The molecule has 2 N–H and O–H groups in total. The van der Waals surface area contributed by atoms with Gasteiger partial charge in [-0.3, -0.25) is 10.1 Å². The first kappa shape index (κ1) is 13.4. The van der Waals surface area contributed by atoms with E-state index in [2.05, 4.69) is 22.0 Å². The zero-order valence-corrected chi connectivity index (χ0v) is 11.5. The van der Waals surface area contributed by atoms with Crippen LogP contribution in [0.2, 0.25) is 0 Å². The smallest absolute Gasteiger partial charge is 0.276 e. The molecule has 1 unspecified atom stereocenters. The second kappa shape index (κ2) is 5.40. The Balaban J connectivity index is 1.82. The third-order valence-corrected chi connectivity index (χ3v) is 3.81. The number of nitrogens with zero attached hydrogens (tertiary/aromatic N) is 3. The predicted molar refractivity (Wildman–Crippen MR) is 81.3 cm³/mol. The van der Waals surface area contributed by atoms with E-state index in [1.807, 2.05) is 18.2 Å². The Kier molecular flexibility index (Phi) is 3.43. The fraction of sp³-hybridized carbons (Fsp3) is 0.267. The maximum atomic E-state index is 10.9. The van der Waals surface area contributed by atoms with Crippen LogP contribution in [0.15, 0.2) is 42.5 Å². The summed E-state index contributed by atoms with van der Waals surface area (Å²) in [5, 5.41) is 10.9. The number of hydrogen-bond acceptors (Lipinski definition) is 5. The highest BCUT2D eigenvalue weighted by Gasteiger charge is 2.26. The van der Waals surface area contributed by atoms with Crippen LogP contribution in [0, 0.1) is 10.1 Å². The largest absolute Gasteiger partial charge is 0.383 e. The highest BCUT2D eigenvalue weighted by molar-refractivity contribution is 5.55. The number of nitro groups is 1. The molecule has 1 aliphatic rings. The van der Waals surface area contributed by atoms with Crippen LogP contribution in [-0.2, 0) is 0 Å². The number of nitrogen functional groups attached to an aromatic ring is 1. The molecule has 1 saturated heterocycles. The molecule has 108 valence electrons. The lowest BCUT2D eigenvalue weighted by Gasteiger charge is -2.17. The van der Waals surface area contributed by atoms with E-state index in [9.17, 15) is 10.1 Å². The molecule has 0 amide bonds. The number of nitrogens with two attached hydrogens (primary N) is 1. The molecule has 1 aromatic heterocycles. The van der Waals surface area contributed by atoms with Gasteiger partial charge in [-0.1, -0.05) is 30.3 Å². The molecule has 21 heavy (non-hydrogen) atoms. The highest BCUT2D eigenvalue weighted by atomic mass is 16.6. The lowest BCUT2D eigenvalue weighted by atomic mass is 9.99. The summed E-state index contributed by atoms with van der Waals surface area (Å²) in [4.78, 5) is 16.8. The van der Waals surface area contributed by atoms with Gasteiger partial charge in [-0.2, -0.15) is 0 Å². The van der Waals surface area contributed by atoms with E-state index >= 15 is 0 Å². The molecule has 0 spiro atoms. The van der Waals surface area contributed by atoms with E-state index < -0.39 is 4.92 Å². The van der Waals surface area contributed by atoms with Crippen molar-refractivity contribution in [3.8, 4) is 0 Å². The van der Waals surface area contributed by atoms with Crippen LogP contribution < -0.4 is 10.6 Å². The van der Waals surface area contributed by atoms with E-state index in [1.54, 1.807) is 0 Å². The Morgan fingerprint density at radius 2 is 2.05 bits per heavy atom. The first-order valence-electron chi connectivity index (χ1n) is 6.85. The molecule has 1 fully saturated rings. The van der Waals surface area contributed by atoms with Crippen molar-refractivity contribution in [2.75, 3.05) is 23.7 Å². The standard InChI is InChI=1S/C15H16N4O2/c16-14-8-13(19(20)21)9-15(17-14)18-7-6-12(10-18)11-4-2-1-3-5-11/h1-5,8-9,12H,6-7,10H2,(H2,16,17). The maximum Gasteiger partial charge on any atom is 0.276 e. The molecule has 2 heterocycles. The third kappa shape index (κ3) is 2.79. The van der Waals surface area contributed by atoms with Gasteiger partial charge in [0.25, 0.3) is 5.69 Å². The molecule has 6 nitrogen and oxygen atoms in total. The average Bonchev–Trinajstić information content (AvgIpc) is 2.97. The number of rotatable bonds is 3. The van der Waals surface area contributed by atoms with Gasteiger partial charge in [0.05, 0.1) is 17.1 Å². The van der Waals surface area contributed by atoms with Crippen LogP contribution in [0.4, 0.5) is 17.3 Å². The van der Waals surface area contributed by atoms with Gasteiger partial charge >= 0.3 is 0 Å². The van der Waals surface area contributed by atoms with E-state index in [4.69, 9.17) is 5.73 Å². The summed E-state index contributed by atoms with van der Waals surface area (Å²) in [7, 11) is 0. The minimum Gasteiger partial charge on any atom is -0.383 e. The Hall–Kier alpha value is -2.63. The van der Waals surface area contributed by atoms with Gasteiger partial charge in [0.15, 0.2) is 0 Å². The Bertz CT molecular complexity index is 660. The predicted octanol–water partition coefficient (Wildman–Crippen LogP) is 2.57. The van der Waals surface area contributed by atoms with Crippen molar-refractivity contribution >= 4 is 17.3 Å². The molecule has 3 rings (SSSR count). The molecule has 1 atom stereocenters. The van der Waals surface area contributed by atoms with Gasteiger partial charge in [0.2, 0.25) is 0 Å². The first-order chi connectivity index (χ1) is 10.1. The fourth-order valence-corrected chi connectivity index (χ4v) is 2.76. The zero-order chi connectivity index (χ0) is 14.8. The lowest BCUT2D eigenvalue weighted by Crippen LogP contribution is -2.21. The van der Waals surface area contributed by atoms with Gasteiger partial charge < -0.3 is 10.6 Å². The highest BCUT2D eigenvalue weighted by Crippen LogP contribution is 2.31. The van der Waals surface area contributed by atoms with Crippen LogP contribution in [0.1, 0.15) is 17.9 Å². The number of pyridine rings is 1. The van der Waals surface area contributed by atoms with Crippen molar-refractivity contribution in [1.29, 1.82) is 0 Å². The van der Waals surface area contributed by atoms with Crippen LogP contribution in [-0.4, -0.2) is 23.0 Å². The van der Waals surface area contributed by atoms with Gasteiger partial charge in [-0.25, -0.2) is 4.98 Å². The summed E-state index contributed by atoms with van der Waals surface area (Å²) in [5.74, 6) is 1.19. The molecule has 0 radical (unpaired) electrons. The van der Waals surface area contributed by atoms with E-state index in [0.717, 1.165) is 19.5 Å². The second-order valence-electron chi connectivity index (χ2n) is 5.21. The number of aromatic nitrogens is 1. The number of anilines is 2. The van der Waals surface area contributed by atoms with Gasteiger partial charge in [-0.05, 0) is 12.0 Å². The van der Waals surface area contributed by atoms with Crippen molar-refractivity contribution in [3.05, 3.63) is 58.1 Å². The lowest BCUT2D eigenvalue weighted by molar-refractivity contribution is -0.384. The van der Waals surface area contributed by atoms with Crippen molar-refractivity contribution in [2.45, 2.75) is 12.3 Å². The summed E-state index contributed by atoms with van der Waals surface area (Å²) in [6.07, 6.45) is 1.01. The van der Waals surface area contributed by atoms with Crippen LogP contribution in [0.25, 0.3) is 0 Å². The van der Waals surface area contributed by atoms with Gasteiger partial charge in [0, 0.05) is 19.0 Å². The summed E-state index contributed by atoms with van der Waals surface area (Å²) in [5.41, 5.74) is 6.95. The number of hydrogen-bond donors (Lipinski definition) is 1. The molecule has 2 aromatic rings. The van der Waals surface area contributed by atoms with Crippen LogP contribution in [0.5, 0.6) is 0 Å². The van der Waals surface area contributed by atoms with E-state index in [0.29, 0.717) is 11.7 Å². The normalized spacial score (nSPS) is 17.9. The van der Waals surface area contributed by atoms with Crippen LogP contribution >= 0.6 is 0 Å². The SMILES string of the molecule is Nc1cc([N+](=O)[O-])cc(N2CCC(c3ccccc3)C2)n1. The molecular formula is C15H16N4O2. The second-order valence-corrected chi connectivity index (χ2v) is 5.21. The van der Waals surface area contributed by atoms with Gasteiger partial charge in [-0.15, -0.1) is 0 Å². The molecule has 1 aliphatic heterocycles. The molecule has 0 aliphatic carbocycles. The Labute approximate surface area is 122 Å². The molecule has 1 aromatic carbocycles. The van der Waals surface area contributed by atoms with Gasteiger partial charge in [0.1, 0.15) is 11.6 Å². The minimum absolute atomic E-state index is 0.0133. The fourth-order valence-electron chi connectivity index (χ4n) is 2.76. The van der Waals surface area contributed by atoms with E-state index in [1.165, 1.54) is 17.7 Å². The zero-order valence-electron chi connectivity index (χ0n) is 11.5. The molecular weight excluding hydrogens is 268 g/mol. The van der Waals surface area contributed by atoms with Crippen molar-refractivity contribution < 1.29 is 4.92 Å². The summed E-state index contributed by atoms with van der Waals surface area (Å²) < 4.78 is 0. The first-order valence-corrected chi connectivity index (χ1v) is 6.85. The minimum atomic E-state index is -0.438. The summed E-state index contributed by atoms with van der Waals surface area (Å²) >= 11 is 0. The summed E-state index contributed by atoms with van der Waals surface area (Å²) in [6, 6.07) is 13.1. The Morgan fingerprint density at radius 3 is 2.76 bits per heavy atom. The number of benzene rings is 1. The molecule has 0 bridgehead atoms. The molecule has 0 saturated carbocycles. The third-order valence-electron chi connectivity index (χ3n) is 3.81. The van der Waals surface area contributed by atoms with Crippen molar-refractivity contribution in [1.82, 2.24) is 4.98 Å². The molecule has 6 heteroatoms. The summed E-state index contributed by atoms with van der Waals surface area (Å²) in [6.45, 7) is 1.63. The maximum absolute atomic E-state index is 10.9. The monoisotopic (exact) mass is 284 g/mol. The van der Waals surface area contributed by atoms with Crippen molar-refractivity contribution in [3.63, 3.8) is 0 Å².